The monoisotopic (exact) mass is 404 g/mol. The summed E-state index contributed by atoms with van der Waals surface area (Å²) in [5.41, 5.74) is 8.33. The fraction of sp³-hybridized carbons (Fsp3) is 0.300. The number of nitrogens with zero attached hydrogens (tertiary/aromatic N) is 1. The lowest BCUT2D eigenvalue weighted by molar-refractivity contribution is -0.116. The Morgan fingerprint density at radius 1 is 1.18 bits per heavy atom. The second-order valence-corrected chi connectivity index (χ2v) is 6.44. The van der Waals surface area contributed by atoms with Crippen LogP contribution >= 0.6 is 11.6 Å². The molecular formula is C20H25ClN4O3. The van der Waals surface area contributed by atoms with Gasteiger partial charge >= 0.3 is 0 Å². The first-order chi connectivity index (χ1) is 13.4. The van der Waals surface area contributed by atoms with Gasteiger partial charge in [0.05, 0.1) is 20.8 Å². The number of hydrogen-bond acceptors (Lipinski definition) is 4. The van der Waals surface area contributed by atoms with Gasteiger partial charge in [0.2, 0.25) is 5.91 Å². The minimum absolute atomic E-state index is 0.134. The van der Waals surface area contributed by atoms with Crippen molar-refractivity contribution < 1.29 is 14.3 Å². The van der Waals surface area contributed by atoms with Gasteiger partial charge in [-0.25, -0.2) is 4.99 Å². The Hall–Kier alpha value is -2.93. The highest BCUT2D eigenvalue weighted by atomic mass is 35.5. The van der Waals surface area contributed by atoms with E-state index in [1.54, 1.807) is 26.4 Å². The van der Waals surface area contributed by atoms with Gasteiger partial charge in [0.1, 0.15) is 0 Å². The van der Waals surface area contributed by atoms with Crippen molar-refractivity contribution in [3.05, 3.63) is 52.5 Å². The number of methoxy groups -OCH3 is 2. The Labute approximate surface area is 169 Å². The third-order valence-corrected chi connectivity index (χ3v) is 4.49. The molecule has 28 heavy (non-hydrogen) atoms. The number of halogens is 1. The maximum Gasteiger partial charge on any atom is 0.226 e. The van der Waals surface area contributed by atoms with Gasteiger partial charge in [-0.1, -0.05) is 23.7 Å². The zero-order valence-electron chi connectivity index (χ0n) is 16.2. The van der Waals surface area contributed by atoms with E-state index >= 15 is 0 Å². The van der Waals surface area contributed by atoms with Crippen LogP contribution in [0.2, 0.25) is 5.02 Å². The number of carbonyl (C=O) groups is 1. The van der Waals surface area contributed by atoms with Crippen LogP contribution in [0.3, 0.4) is 0 Å². The molecule has 0 spiro atoms. The van der Waals surface area contributed by atoms with E-state index in [0.717, 1.165) is 11.1 Å². The molecule has 150 valence electrons. The number of aliphatic imine (C=N–C) groups is 1. The van der Waals surface area contributed by atoms with Crippen molar-refractivity contribution in [1.82, 2.24) is 5.32 Å². The molecule has 0 saturated heterocycles. The molecule has 1 amide bonds. The second-order valence-electron chi connectivity index (χ2n) is 6.03. The lowest BCUT2D eigenvalue weighted by Crippen LogP contribution is -2.34. The summed E-state index contributed by atoms with van der Waals surface area (Å²) in [6.45, 7) is 2.61. The summed E-state index contributed by atoms with van der Waals surface area (Å²) in [7, 11) is 3.16. The van der Waals surface area contributed by atoms with Crippen LogP contribution in [0.5, 0.6) is 11.5 Å². The Bertz CT molecular complexity index is 855. The molecule has 0 fully saturated rings. The highest BCUT2D eigenvalue weighted by Crippen LogP contribution is 2.27. The molecule has 2 rings (SSSR count). The third kappa shape index (κ3) is 6.06. The minimum Gasteiger partial charge on any atom is -0.493 e. The predicted molar refractivity (Wildman–Crippen MR) is 112 cm³/mol. The number of amides is 1. The van der Waals surface area contributed by atoms with Gasteiger partial charge in [0.15, 0.2) is 17.5 Å². The molecule has 0 bridgehead atoms. The van der Waals surface area contributed by atoms with Crippen LogP contribution in [-0.2, 0) is 11.3 Å². The second kappa shape index (κ2) is 10.4. The first-order valence-corrected chi connectivity index (χ1v) is 9.12. The normalized spacial score (nSPS) is 11.1. The molecule has 0 atom stereocenters. The SMILES string of the molecule is COc1ccc(CN=C(N)NCCC(=O)Nc2cccc(Cl)c2C)cc1OC. The molecule has 0 aliphatic carbocycles. The molecular weight excluding hydrogens is 380 g/mol. The molecule has 4 N–H and O–H groups in total. The molecule has 8 heteroatoms. The van der Waals surface area contributed by atoms with Crippen molar-refractivity contribution in [2.45, 2.75) is 19.9 Å². The number of rotatable bonds is 8. The van der Waals surface area contributed by atoms with Gasteiger partial charge in [-0.15, -0.1) is 0 Å². The zero-order valence-corrected chi connectivity index (χ0v) is 17.0. The highest BCUT2D eigenvalue weighted by molar-refractivity contribution is 6.31. The van der Waals surface area contributed by atoms with Gasteiger partial charge in [-0.05, 0) is 42.3 Å². The number of anilines is 1. The maximum absolute atomic E-state index is 12.1. The molecule has 0 radical (unpaired) electrons. The minimum atomic E-state index is -0.134. The fourth-order valence-corrected chi connectivity index (χ4v) is 2.65. The predicted octanol–water partition coefficient (Wildman–Crippen LogP) is 3.10. The largest absolute Gasteiger partial charge is 0.493 e. The molecule has 7 nitrogen and oxygen atoms in total. The molecule has 0 aliphatic rings. The van der Waals surface area contributed by atoms with Gasteiger partial charge in [0, 0.05) is 23.7 Å². The number of nitrogens with two attached hydrogens (primary N) is 1. The van der Waals surface area contributed by atoms with E-state index in [1.807, 2.05) is 31.2 Å². The van der Waals surface area contributed by atoms with Crippen molar-refractivity contribution in [3.63, 3.8) is 0 Å². The van der Waals surface area contributed by atoms with E-state index in [1.165, 1.54) is 0 Å². The number of benzene rings is 2. The molecule has 0 unspecified atom stereocenters. The van der Waals surface area contributed by atoms with Crippen LogP contribution in [0, 0.1) is 6.92 Å². The number of hydrogen-bond donors (Lipinski definition) is 3. The van der Waals surface area contributed by atoms with Gasteiger partial charge in [0.25, 0.3) is 0 Å². The summed E-state index contributed by atoms with van der Waals surface area (Å²) in [5, 5.41) is 6.38. The molecule has 2 aromatic rings. The number of carbonyl (C=O) groups excluding carboxylic acids is 1. The van der Waals surface area contributed by atoms with Crippen LogP contribution in [-0.4, -0.2) is 32.6 Å². The number of nitrogens with one attached hydrogen (secondary N) is 2. The maximum atomic E-state index is 12.1. The molecule has 0 saturated carbocycles. The van der Waals surface area contributed by atoms with Crippen LogP contribution in [0.25, 0.3) is 0 Å². The first kappa shape index (κ1) is 21.4. The van der Waals surface area contributed by atoms with E-state index in [0.29, 0.717) is 35.3 Å². The Morgan fingerprint density at radius 3 is 2.64 bits per heavy atom. The zero-order chi connectivity index (χ0) is 20.5. The topological polar surface area (TPSA) is 98.0 Å². The van der Waals surface area contributed by atoms with Crippen molar-refractivity contribution in [1.29, 1.82) is 0 Å². The van der Waals surface area contributed by atoms with E-state index in [9.17, 15) is 4.79 Å². The molecule has 0 aliphatic heterocycles. The fourth-order valence-electron chi connectivity index (χ4n) is 2.47. The quantitative estimate of drug-likeness (QED) is 0.464. The average Bonchev–Trinajstić information content (AvgIpc) is 2.69. The van der Waals surface area contributed by atoms with Crippen LogP contribution in [0.1, 0.15) is 17.5 Å². The van der Waals surface area contributed by atoms with Crippen molar-refractivity contribution >= 4 is 29.2 Å². The smallest absolute Gasteiger partial charge is 0.226 e. The molecule has 2 aromatic carbocycles. The summed E-state index contributed by atoms with van der Waals surface area (Å²) in [6, 6.07) is 10.9. The van der Waals surface area contributed by atoms with Crippen molar-refractivity contribution in [2.75, 3.05) is 26.1 Å². The Kier molecular flexibility index (Phi) is 7.95. The van der Waals surface area contributed by atoms with Crippen LogP contribution in [0.15, 0.2) is 41.4 Å². The Morgan fingerprint density at radius 2 is 1.93 bits per heavy atom. The van der Waals surface area contributed by atoms with Gasteiger partial charge < -0.3 is 25.8 Å². The van der Waals surface area contributed by atoms with E-state index < -0.39 is 0 Å². The van der Waals surface area contributed by atoms with Gasteiger partial charge in [-0.3, -0.25) is 4.79 Å². The van der Waals surface area contributed by atoms with E-state index in [2.05, 4.69) is 15.6 Å². The lowest BCUT2D eigenvalue weighted by atomic mass is 10.2. The number of ether oxygens (including phenoxy) is 2. The summed E-state index contributed by atoms with van der Waals surface area (Å²) >= 11 is 6.05. The average molecular weight is 405 g/mol. The van der Waals surface area contributed by atoms with Crippen molar-refractivity contribution in [3.8, 4) is 11.5 Å². The highest BCUT2D eigenvalue weighted by Gasteiger charge is 2.07. The van der Waals surface area contributed by atoms with Crippen molar-refractivity contribution in [2.24, 2.45) is 10.7 Å². The standard InChI is InChI=1S/C20H25ClN4O3/c1-13-15(21)5-4-6-16(13)25-19(26)9-10-23-20(22)24-12-14-7-8-17(27-2)18(11-14)28-3/h4-8,11H,9-10,12H2,1-3H3,(H,25,26)(H3,22,23,24). The summed E-state index contributed by atoms with van der Waals surface area (Å²) < 4.78 is 10.5. The number of guanidine groups is 1. The summed E-state index contributed by atoms with van der Waals surface area (Å²) in [6.07, 6.45) is 0.249. The van der Waals surface area contributed by atoms with Crippen LogP contribution in [0.4, 0.5) is 5.69 Å². The van der Waals surface area contributed by atoms with Gasteiger partial charge in [-0.2, -0.15) is 0 Å². The van der Waals surface area contributed by atoms with E-state index in [4.69, 9.17) is 26.8 Å². The summed E-state index contributed by atoms with van der Waals surface area (Å²) in [4.78, 5) is 16.3. The first-order valence-electron chi connectivity index (χ1n) is 8.74. The molecule has 0 aromatic heterocycles. The van der Waals surface area contributed by atoms with E-state index in [-0.39, 0.29) is 18.3 Å². The summed E-state index contributed by atoms with van der Waals surface area (Å²) in [5.74, 6) is 1.42. The molecule has 0 heterocycles. The Balaban J connectivity index is 1.81. The third-order valence-electron chi connectivity index (χ3n) is 4.08. The van der Waals surface area contributed by atoms with Crippen LogP contribution < -0.4 is 25.8 Å². The lowest BCUT2D eigenvalue weighted by Gasteiger charge is -2.10.